The van der Waals surface area contributed by atoms with Gasteiger partial charge in [-0.3, -0.25) is 0 Å². The Bertz CT molecular complexity index is 735. The van der Waals surface area contributed by atoms with Crippen LogP contribution in [0.15, 0.2) is 61.3 Å². The van der Waals surface area contributed by atoms with E-state index >= 15 is 0 Å². The zero-order chi connectivity index (χ0) is 16.4. The first-order valence-electron chi connectivity index (χ1n) is 8.43. The van der Waals surface area contributed by atoms with Crippen molar-refractivity contribution in [1.82, 2.24) is 0 Å². The summed E-state index contributed by atoms with van der Waals surface area (Å²) in [6.45, 7) is 12.2. The molecule has 2 aromatic carbocycles. The van der Waals surface area contributed by atoms with Crippen LogP contribution in [0.25, 0.3) is 11.1 Å². The van der Waals surface area contributed by atoms with E-state index in [9.17, 15) is 0 Å². The second-order valence-electron chi connectivity index (χ2n) is 6.65. The number of nitrogens with one attached hydrogen (secondary N) is 1. The summed E-state index contributed by atoms with van der Waals surface area (Å²) < 4.78 is 0. The lowest BCUT2D eigenvalue weighted by molar-refractivity contribution is 0.867. The van der Waals surface area contributed by atoms with Gasteiger partial charge in [-0.05, 0) is 71.2 Å². The molecule has 118 valence electrons. The zero-order valence-corrected chi connectivity index (χ0v) is 14.2. The largest absolute Gasteiger partial charge is 0.356 e. The lowest BCUT2D eigenvalue weighted by atomic mass is 9.93. The first kappa shape index (κ1) is 15.6. The van der Waals surface area contributed by atoms with Gasteiger partial charge in [0.15, 0.2) is 0 Å². The van der Waals surface area contributed by atoms with Crippen LogP contribution in [0.5, 0.6) is 0 Å². The third-order valence-electron chi connectivity index (χ3n) is 4.65. The molecule has 0 spiro atoms. The quantitative estimate of drug-likeness (QED) is 0.660. The summed E-state index contributed by atoms with van der Waals surface area (Å²) in [5.74, 6) is 0.568. The topological polar surface area (TPSA) is 12.0 Å². The van der Waals surface area contributed by atoms with E-state index in [0.717, 1.165) is 11.4 Å². The highest BCUT2D eigenvalue weighted by molar-refractivity contribution is 5.75. The lowest BCUT2D eigenvalue weighted by Crippen LogP contribution is -1.98. The smallest absolute Gasteiger partial charge is 0.0393 e. The average Bonchev–Trinajstić information content (AvgIpc) is 3.02. The molecule has 0 atom stereocenters. The van der Waals surface area contributed by atoms with E-state index in [2.05, 4.69) is 68.7 Å². The minimum absolute atomic E-state index is 0.568. The highest BCUT2D eigenvalue weighted by Gasteiger charge is 2.17. The van der Waals surface area contributed by atoms with Crippen molar-refractivity contribution in [2.24, 2.45) is 0 Å². The summed E-state index contributed by atoms with van der Waals surface area (Å²) in [4.78, 5) is 0. The molecule has 0 aromatic heterocycles. The molecule has 0 aliphatic heterocycles. The molecule has 1 aliphatic carbocycles. The summed E-state index contributed by atoms with van der Waals surface area (Å²) >= 11 is 0. The third-order valence-corrected chi connectivity index (χ3v) is 4.65. The molecule has 0 fully saturated rings. The van der Waals surface area contributed by atoms with E-state index in [1.165, 1.54) is 47.1 Å². The maximum atomic E-state index is 3.97. The number of rotatable bonds is 5. The van der Waals surface area contributed by atoms with Crippen molar-refractivity contribution in [1.29, 1.82) is 0 Å². The molecule has 0 radical (unpaired) electrons. The van der Waals surface area contributed by atoms with Gasteiger partial charge in [0.2, 0.25) is 0 Å². The van der Waals surface area contributed by atoms with Gasteiger partial charge in [0.25, 0.3) is 0 Å². The minimum atomic E-state index is 0.568. The molecule has 2 aromatic rings. The van der Waals surface area contributed by atoms with Gasteiger partial charge in [-0.15, -0.1) is 0 Å². The van der Waals surface area contributed by atoms with Crippen LogP contribution in [-0.2, 0) is 12.8 Å². The van der Waals surface area contributed by atoms with Gasteiger partial charge in [0, 0.05) is 11.4 Å². The highest BCUT2D eigenvalue weighted by Crippen LogP contribution is 2.36. The van der Waals surface area contributed by atoms with Crippen LogP contribution in [-0.4, -0.2) is 0 Å². The molecule has 0 bridgehead atoms. The summed E-state index contributed by atoms with van der Waals surface area (Å²) in [6.07, 6.45) is 5.35. The van der Waals surface area contributed by atoms with E-state index in [-0.39, 0.29) is 0 Å². The molecule has 23 heavy (non-hydrogen) atoms. The Labute approximate surface area is 139 Å². The van der Waals surface area contributed by atoms with Gasteiger partial charge in [-0.1, -0.05) is 51.3 Å². The number of fused-ring (bicyclic) bond motifs is 1. The Balaban J connectivity index is 2.03. The first-order chi connectivity index (χ1) is 11.1. The molecule has 1 N–H and O–H groups in total. The summed E-state index contributed by atoms with van der Waals surface area (Å²) in [5.41, 5.74) is 8.98. The van der Waals surface area contributed by atoms with E-state index in [1.54, 1.807) is 6.08 Å². The summed E-state index contributed by atoms with van der Waals surface area (Å²) in [6, 6.07) is 13.5. The van der Waals surface area contributed by atoms with E-state index in [1.807, 2.05) is 0 Å². The number of allylic oxidation sites excluding steroid dienone is 1. The van der Waals surface area contributed by atoms with Crippen molar-refractivity contribution in [3.05, 3.63) is 78.0 Å². The van der Waals surface area contributed by atoms with Crippen molar-refractivity contribution in [3.8, 4) is 11.1 Å². The molecule has 0 saturated heterocycles. The highest BCUT2D eigenvalue weighted by atomic mass is 14.9. The molecule has 3 rings (SSSR count). The van der Waals surface area contributed by atoms with Gasteiger partial charge in [-0.2, -0.15) is 0 Å². The normalized spacial score (nSPS) is 13.0. The molecule has 1 aliphatic rings. The van der Waals surface area contributed by atoms with Crippen LogP contribution >= 0.6 is 0 Å². The molecule has 0 unspecified atom stereocenters. The van der Waals surface area contributed by atoms with E-state index in [0.29, 0.717) is 5.92 Å². The van der Waals surface area contributed by atoms with Crippen LogP contribution in [0.3, 0.4) is 0 Å². The molecule has 1 nitrogen and oxygen atoms in total. The molecular weight excluding hydrogens is 278 g/mol. The molecule has 1 heteroatoms. The van der Waals surface area contributed by atoms with Gasteiger partial charge < -0.3 is 5.32 Å². The van der Waals surface area contributed by atoms with Gasteiger partial charge in [0.05, 0.1) is 0 Å². The predicted octanol–water partition coefficient (Wildman–Crippen LogP) is 6.08. The fraction of sp³-hybridized carbons (Fsp3) is 0.273. The Hall–Kier alpha value is -2.28. The number of anilines is 1. The maximum Gasteiger partial charge on any atom is 0.0393 e. The van der Waals surface area contributed by atoms with E-state index in [4.69, 9.17) is 0 Å². The SMILES string of the molecule is C=CC(=C)Nc1cc2c(c(-c3ccc(C(C)C)cc3)c1)CCC2. The van der Waals surface area contributed by atoms with Crippen LogP contribution in [0.1, 0.15) is 42.9 Å². The Morgan fingerprint density at radius 3 is 2.52 bits per heavy atom. The number of hydrogen-bond acceptors (Lipinski definition) is 1. The standard InChI is InChI=1S/C22H25N/c1-5-16(4)23-20-13-19-7-6-8-21(19)22(14-20)18-11-9-17(10-12-18)15(2)3/h5,9-15,23H,1,4,6-8H2,2-3H3. The Morgan fingerprint density at radius 2 is 1.87 bits per heavy atom. The first-order valence-corrected chi connectivity index (χ1v) is 8.43. The van der Waals surface area contributed by atoms with Crippen molar-refractivity contribution >= 4 is 5.69 Å². The zero-order valence-electron chi connectivity index (χ0n) is 14.2. The fourth-order valence-electron chi connectivity index (χ4n) is 3.32. The average molecular weight is 303 g/mol. The maximum absolute atomic E-state index is 3.97. The molecule has 0 saturated carbocycles. The Morgan fingerprint density at radius 1 is 1.13 bits per heavy atom. The molecular formula is C22H25N. The minimum Gasteiger partial charge on any atom is -0.356 e. The third kappa shape index (κ3) is 3.24. The summed E-state index contributed by atoms with van der Waals surface area (Å²) in [7, 11) is 0. The summed E-state index contributed by atoms with van der Waals surface area (Å²) in [5, 5.41) is 3.35. The number of aryl methyl sites for hydroxylation is 1. The monoisotopic (exact) mass is 303 g/mol. The van der Waals surface area contributed by atoms with Crippen LogP contribution in [0, 0.1) is 0 Å². The second-order valence-corrected chi connectivity index (χ2v) is 6.65. The van der Waals surface area contributed by atoms with E-state index < -0.39 is 0 Å². The van der Waals surface area contributed by atoms with Gasteiger partial charge in [0.1, 0.15) is 0 Å². The lowest BCUT2D eigenvalue weighted by Gasteiger charge is -2.15. The number of hydrogen-bond donors (Lipinski definition) is 1. The van der Waals surface area contributed by atoms with Crippen LogP contribution in [0.4, 0.5) is 5.69 Å². The van der Waals surface area contributed by atoms with Crippen molar-refractivity contribution in [2.45, 2.75) is 39.0 Å². The van der Waals surface area contributed by atoms with Gasteiger partial charge >= 0.3 is 0 Å². The molecule has 0 amide bonds. The molecule has 0 heterocycles. The predicted molar refractivity (Wildman–Crippen MR) is 101 cm³/mol. The van der Waals surface area contributed by atoms with Crippen molar-refractivity contribution in [2.75, 3.05) is 5.32 Å². The van der Waals surface area contributed by atoms with Crippen molar-refractivity contribution in [3.63, 3.8) is 0 Å². The second kappa shape index (κ2) is 6.45. The van der Waals surface area contributed by atoms with Gasteiger partial charge in [-0.25, -0.2) is 0 Å². The Kier molecular flexibility index (Phi) is 4.38. The number of benzene rings is 2. The van der Waals surface area contributed by atoms with Crippen LogP contribution in [0.2, 0.25) is 0 Å². The van der Waals surface area contributed by atoms with Crippen molar-refractivity contribution < 1.29 is 0 Å². The van der Waals surface area contributed by atoms with Crippen LogP contribution < -0.4 is 5.32 Å². The fourth-order valence-corrected chi connectivity index (χ4v) is 3.32.